The van der Waals surface area contributed by atoms with Gasteiger partial charge in [-0.05, 0) is 74.9 Å². The fourth-order valence-corrected chi connectivity index (χ4v) is 6.38. The number of aliphatic hydroxyl groups is 1. The van der Waals surface area contributed by atoms with Gasteiger partial charge < -0.3 is 15.3 Å². The van der Waals surface area contributed by atoms with E-state index >= 15 is 0 Å². The first-order valence-electron chi connectivity index (χ1n) is 12.8. The summed E-state index contributed by atoms with van der Waals surface area (Å²) in [4.78, 5) is 39.4. The lowest BCUT2D eigenvalue weighted by molar-refractivity contribution is -0.136. The summed E-state index contributed by atoms with van der Waals surface area (Å²) < 4.78 is 0. The van der Waals surface area contributed by atoms with Crippen molar-refractivity contribution < 1.29 is 19.5 Å². The number of aliphatic hydroxyl groups excluding tert-OH is 1. The van der Waals surface area contributed by atoms with Gasteiger partial charge in [0.2, 0.25) is 11.8 Å². The number of imide groups is 1. The van der Waals surface area contributed by atoms with Crippen molar-refractivity contribution in [1.82, 2.24) is 15.5 Å². The van der Waals surface area contributed by atoms with Gasteiger partial charge in [0.05, 0.1) is 6.10 Å². The van der Waals surface area contributed by atoms with Gasteiger partial charge >= 0.3 is 0 Å². The Morgan fingerprint density at radius 3 is 2.71 bits per heavy atom. The van der Waals surface area contributed by atoms with E-state index in [1.165, 1.54) is 32.1 Å². The molecule has 1 aromatic carbocycles. The van der Waals surface area contributed by atoms with Crippen LogP contribution in [0.4, 0.5) is 0 Å². The number of rotatable bonds is 11. The molecule has 2 fully saturated rings. The fourth-order valence-electron chi connectivity index (χ4n) is 5.29. The number of benzene rings is 1. The van der Waals surface area contributed by atoms with E-state index in [4.69, 9.17) is 0 Å². The van der Waals surface area contributed by atoms with Crippen molar-refractivity contribution in [2.75, 3.05) is 12.3 Å². The maximum Gasteiger partial charge on any atom is 0.255 e. The van der Waals surface area contributed by atoms with Crippen LogP contribution in [0.3, 0.4) is 0 Å². The van der Waals surface area contributed by atoms with E-state index in [0.717, 1.165) is 48.4 Å². The maximum atomic E-state index is 12.9. The Bertz CT molecular complexity index is 893. The van der Waals surface area contributed by atoms with Crippen LogP contribution in [0.25, 0.3) is 0 Å². The van der Waals surface area contributed by atoms with Crippen LogP contribution in [0.15, 0.2) is 23.1 Å². The third-order valence-corrected chi connectivity index (χ3v) is 8.38. The Kier molecular flexibility index (Phi) is 9.03. The first kappa shape index (κ1) is 25.2. The minimum absolute atomic E-state index is 0.108. The molecule has 1 saturated heterocycles. The largest absolute Gasteiger partial charge is 0.393 e. The van der Waals surface area contributed by atoms with Crippen molar-refractivity contribution in [2.45, 2.75) is 100 Å². The summed E-state index contributed by atoms with van der Waals surface area (Å²) in [6.07, 6.45) is 10.7. The number of hydrogen-bond donors (Lipinski definition) is 3. The highest BCUT2D eigenvalue weighted by Gasteiger charge is 2.39. The average Bonchev–Trinajstić information content (AvgIpc) is 3.15. The maximum absolute atomic E-state index is 12.9. The molecule has 3 N–H and O–H groups in total. The zero-order valence-corrected chi connectivity index (χ0v) is 20.7. The number of nitrogens with zero attached hydrogens (tertiary/aromatic N) is 1. The highest BCUT2D eigenvalue weighted by molar-refractivity contribution is 7.99. The van der Waals surface area contributed by atoms with E-state index in [-0.39, 0.29) is 30.2 Å². The third-order valence-electron chi connectivity index (χ3n) is 7.20. The highest BCUT2D eigenvalue weighted by Crippen LogP contribution is 2.34. The topological polar surface area (TPSA) is 98.7 Å². The third kappa shape index (κ3) is 6.40. The van der Waals surface area contributed by atoms with Crippen molar-refractivity contribution in [1.29, 1.82) is 0 Å². The lowest BCUT2D eigenvalue weighted by atomic mass is 9.93. The molecular weight excluding hydrogens is 450 g/mol. The van der Waals surface area contributed by atoms with Gasteiger partial charge in [-0.1, -0.05) is 25.3 Å². The van der Waals surface area contributed by atoms with Crippen molar-refractivity contribution in [3.05, 3.63) is 29.3 Å². The molecule has 0 aromatic heterocycles. The Morgan fingerprint density at radius 2 is 1.88 bits per heavy atom. The van der Waals surface area contributed by atoms with Crippen molar-refractivity contribution >= 4 is 29.5 Å². The number of thioether (sulfide) groups is 1. The predicted molar refractivity (Wildman–Crippen MR) is 133 cm³/mol. The van der Waals surface area contributed by atoms with Crippen LogP contribution in [0.1, 0.15) is 86.6 Å². The summed E-state index contributed by atoms with van der Waals surface area (Å²) in [6.45, 7) is 1.48. The van der Waals surface area contributed by atoms with Crippen LogP contribution in [0, 0.1) is 0 Å². The number of amides is 3. The molecule has 3 atom stereocenters. The molecule has 2 heterocycles. The molecule has 0 bridgehead atoms. The van der Waals surface area contributed by atoms with Crippen molar-refractivity contribution in [2.24, 2.45) is 0 Å². The smallest absolute Gasteiger partial charge is 0.255 e. The van der Waals surface area contributed by atoms with Crippen LogP contribution < -0.4 is 10.6 Å². The monoisotopic (exact) mass is 487 g/mol. The van der Waals surface area contributed by atoms with E-state index < -0.39 is 6.04 Å². The highest BCUT2D eigenvalue weighted by atomic mass is 32.2. The number of unbranched alkanes of at least 4 members (excludes halogenated alkanes) is 4. The van der Waals surface area contributed by atoms with Gasteiger partial charge in [0, 0.05) is 29.5 Å². The number of piperidine rings is 1. The predicted octanol–water partition coefficient (Wildman–Crippen LogP) is 3.38. The molecule has 3 amide bonds. The first-order valence-corrected chi connectivity index (χ1v) is 13.8. The van der Waals surface area contributed by atoms with E-state index in [0.29, 0.717) is 24.6 Å². The Hall–Kier alpha value is -1.90. The molecule has 3 unspecified atom stereocenters. The first-order chi connectivity index (χ1) is 16.5. The summed E-state index contributed by atoms with van der Waals surface area (Å²) >= 11 is 1.80. The van der Waals surface area contributed by atoms with Crippen LogP contribution in [0.5, 0.6) is 0 Å². The van der Waals surface area contributed by atoms with Crippen LogP contribution in [0.2, 0.25) is 0 Å². The van der Waals surface area contributed by atoms with Gasteiger partial charge in [0.15, 0.2) is 0 Å². The van der Waals surface area contributed by atoms with E-state index in [9.17, 15) is 19.5 Å². The lowest BCUT2D eigenvalue weighted by Crippen LogP contribution is -2.52. The molecule has 3 aliphatic rings. The molecule has 7 nitrogen and oxygen atoms in total. The average molecular weight is 488 g/mol. The molecule has 4 rings (SSSR count). The standard InChI is InChI=1S/C26H37N3O4S/c30-19-9-6-8-18(16-19)27-14-4-2-1-3-5-15-34-23-11-7-10-20-21(23)17-29(26(20)33)22-12-13-24(31)28-25(22)32/h7,10-11,18-19,22,27,30H,1-6,8-9,12-17H2,(H,28,31,32). The number of nitrogens with one attached hydrogen (secondary N) is 2. The summed E-state index contributed by atoms with van der Waals surface area (Å²) in [5.74, 6) is 0.282. The molecule has 1 saturated carbocycles. The van der Waals surface area contributed by atoms with Crippen LogP contribution in [-0.2, 0) is 16.1 Å². The normalized spacial score (nSPS) is 24.9. The molecule has 186 valence electrons. The van der Waals surface area contributed by atoms with Crippen molar-refractivity contribution in [3.8, 4) is 0 Å². The van der Waals surface area contributed by atoms with Gasteiger partial charge in [-0.2, -0.15) is 0 Å². The van der Waals surface area contributed by atoms with Crippen LogP contribution in [-0.4, -0.2) is 58.2 Å². The van der Waals surface area contributed by atoms with E-state index in [1.807, 2.05) is 12.1 Å². The molecule has 1 aliphatic carbocycles. The number of carbonyl (C=O) groups is 3. The summed E-state index contributed by atoms with van der Waals surface area (Å²) in [5.41, 5.74) is 1.70. The summed E-state index contributed by atoms with van der Waals surface area (Å²) in [6, 6.07) is 5.76. The minimum atomic E-state index is -0.562. The minimum Gasteiger partial charge on any atom is -0.393 e. The van der Waals surface area contributed by atoms with Gasteiger partial charge in [-0.15, -0.1) is 11.8 Å². The zero-order chi connectivity index (χ0) is 23.9. The molecular formula is C26H37N3O4S. The van der Waals surface area contributed by atoms with E-state index in [1.54, 1.807) is 16.7 Å². The Labute approximate surface area is 206 Å². The lowest BCUT2D eigenvalue weighted by Gasteiger charge is -2.29. The molecule has 34 heavy (non-hydrogen) atoms. The van der Waals surface area contributed by atoms with Gasteiger partial charge in [-0.3, -0.25) is 19.7 Å². The summed E-state index contributed by atoms with van der Waals surface area (Å²) in [5, 5.41) is 15.7. The van der Waals surface area contributed by atoms with Crippen molar-refractivity contribution in [3.63, 3.8) is 0 Å². The van der Waals surface area contributed by atoms with Gasteiger partial charge in [0.25, 0.3) is 5.91 Å². The quantitative estimate of drug-likeness (QED) is 0.251. The molecule has 1 aromatic rings. The van der Waals surface area contributed by atoms with Crippen LogP contribution >= 0.6 is 11.8 Å². The molecule has 2 aliphatic heterocycles. The molecule has 0 spiro atoms. The SMILES string of the molecule is O=C1CCC(N2Cc3c(SCCCCCCCNC4CCCC(O)C4)cccc3C2=O)C(=O)N1. The van der Waals surface area contributed by atoms with E-state index in [2.05, 4.69) is 16.7 Å². The Balaban J connectivity index is 1.14. The van der Waals surface area contributed by atoms with Gasteiger partial charge in [-0.25, -0.2) is 0 Å². The molecule has 8 heteroatoms. The number of hydrogen-bond acceptors (Lipinski definition) is 6. The second kappa shape index (κ2) is 12.2. The number of fused-ring (bicyclic) bond motifs is 1. The Morgan fingerprint density at radius 1 is 1.06 bits per heavy atom. The van der Waals surface area contributed by atoms with Gasteiger partial charge in [0.1, 0.15) is 6.04 Å². The zero-order valence-electron chi connectivity index (χ0n) is 19.9. The molecule has 0 radical (unpaired) electrons. The second-order valence-electron chi connectivity index (χ2n) is 9.77. The summed E-state index contributed by atoms with van der Waals surface area (Å²) in [7, 11) is 0. The second-order valence-corrected chi connectivity index (χ2v) is 10.9. The fraction of sp³-hybridized carbons (Fsp3) is 0.654. The number of carbonyl (C=O) groups excluding carboxylic acids is 3.